The Morgan fingerprint density at radius 1 is 0.766 bits per heavy atom. The smallest absolute Gasteiger partial charge is 0.336 e. The first-order chi connectivity index (χ1) is 22.9. The van der Waals surface area contributed by atoms with Gasteiger partial charge in [0, 0.05) is 59.8 Å². The summed E-state index contributed by atoms with van der Waals surface area (Å²) in [7, 11) is 0. The molecule has 0 spiro atoms. The van der Waals surface area contributed by atoms with Gasteiger partial charge in [0.25, 0.3) is 5.91 Å². The maximum atomic E-state index is 14.4. The van der Waals surface area contributed by atoms with Gasteiger partial charge in [-0.2, -0.15) is 0 Å². The summed E-state index contributed by atoms with van der Waals surface area (Å²) in [6.45, 7) is 6.61. The highest BCUT2D eigenvalue weighted by molar-refractivity contribution is 6.30. The number of nitrogens with zero attached hydrogens (tertiary/aromatic N) is 2. The minimum atomic E-state index is -0.624. The number of halogens is 1. The average Bonchev–Trinajstić information content (AvgIpc) is 3.10. The van der Waals surface area contributed by atoms with Crippen molar-refractivity contribution in [1.29, 1.82) is 0 Å². The van der Waals surface area contributed by atoms with Crippen molar-refractivity contribution in [1.82, 2.24) is 10.2 Å². The summed E-state index contributed by atoms with van der Waals surface area (Å²) in [6.07, 6.45) is 0.619. The number of dihydropyridines is 1. The van der Waals surface area contributed by atoms with Gasteiger partial charge in [0.05, 0.1) is 18.1 Å². The van der Waals surface area contributed by atoms with Gasteiger partial charge in [0.1, 0.15) is 0 Å². The van der Waals surface area contributed by atoms with Crippen LogP contribution >= 0.6 is 11.6 Å². The van der Waals surface area contributed by atoms with Gasteiger partial charge in [-0.25, -0.2) is 4.79 Å². The van der Waals surface area contributed by atoms with Crippen LogP contribution < -0.4 is 10.2 Å². The second-order valence-corrected chi connectivity index (χ2v) is 12.5. The van der Waals surface area contributed by atoms with Crippen molar-refractivity contribution >= 4 is 29.2 Å². The van der Waals surface area contributed by atoms with Crippen LogP contribution in [0.5, 0.6) is 0 Å². The zero-order chi connectivity index (χ0) is 32.8. The molecule has 1 fully saturated rings. The van der Waals surface area contributed by atoms with E-state index in [1.165, 1.54) is 11.1 Å². The number of hydrogen-bond acceptors (Lipinski definition) is 5. The van der Waals surface area contributed by atoms with Crippen molar-refractivity contribution in [2.75, 3.05) is 37.7 Å². The monoisotopic (exact) mass is 645 g/mol. The molecule has 1 amide bonds. The molecule has 0 radical (unpaired) electrons. The van der Waals surface area contributed by atoms with Gasteiger partial charge in [0.2, 0.25) is 0 Å². The van der Waals surface area contributed by atoms with Gasteiger partial charge in [-0.1, -0.05) is 103 Å². The molecule has 1 saturated heterocycles. The van der Waals surface area contributed by atoms with Crippen molar-refractivity contribution < 1.29 is 14.3 Å². The van der Waals surface area contributed by atoms with Crippen molar-refractivity contribution in [2.45, 2.75) is 32.1 Å². The van der Waals surface area contributed by atoms with E-state index in [1.807, 2.05) is 91.5 Å². The predicted molar refractivity (Wildman–Crippen MR) is 188 cm³/mol. The summed E-state index contributed by atoms with van der Waals surface area (Å²) in [6, 6.07) is 38.3. The Labute approximate surface area is 282 Å². The number of amides is 1. The van der Waals surface area contributed by atoms with Crippen LogP contribution in [0.2, 0.25) is 5.02 Å². The molecule has 0 aromatic heterocycles. The number of esters is 1. The third-order valence-corrected chi connectivity index (χ3v) is 9.36. The molecular formula is C40H40ClN3O3. The van der Waals surface area contributed by atoms with Crippen LogP contribution in [0.4, 0.5) is 5.69 Å². The van der Waals surface area contributed by atoms with Gasteiger partial charge in [-0.3, -0.25) is 4.79 Å². The Kier molecular flexibility index (Phi) is 10.1. The molecule has 7 heteroatoms. The molecule has 1 atom stereocenters. The first kappa shape index (κ1) is 32.1. The predicted octanol–water partition coefficient (Wildman–Crippen LogP) is 7.69. The SMILES string of the molecule is CC1=C(C(=O)OCCC(c2ccccc2)c2ccccc2)C(c2cccc(Cl)c2)C(C(=O)N2CCN(c3ccccc3)CC2)=C(C)N1. The van der Waals surface area contributed by atoms with E-state index in [4.69, 9.17) is 16.3 Å². The first-order valence-corrected chi connectivity index (χ1v) is 16.6. The first-order valence-electron chi connectivity index (χ1n) is 16.2. The number of para-hydroxylation sites is 1. The molecule has 4 aromatic carbocycles. The van der Waals surface area contributed by atoms with E-state index >= 15 is 0 Å². The fourth-order valence-electron chi connectivity index (χ4n) is 6.79. The van der Waals surface area contributed by atoms with E-state index in [1.54, 1.807) is 6.07 Å². The van der Waals surface area contributed by atoms with E-state index in [2.05, 4.69) is 46.6 Å². The number of ether oxygens (including phenoxy) is 1. The maximum absolute atomic E-state index is 14.4. The highest BCUT2D eigenvalue weighted by Crippen LogP contribution is 2.40. The molecule has 2 heterocycles. The summed E-state index contributed by atoms with van der Waals surface area (Å²) in [5.74, 6) is -1.08. The number of hydrogen-bond donors (Lipinski definition) is 1. The highest BCUT2D eigenvalue weighted by atomic mass is 35.5. The quantitative estimate of drug-likeness (QED) is 0.189. The Morgan fingerprint density at radius 2 is 1.34 bits per heavy atom. The molecule has 1 N–H and O–H groups in total. The summed E-state index contributed by atoms with van der Waals surface area (Å²) in [5.41, 5.74) is 6.64. The Bertz CT molecular complexity index is 1720. The molecular weight excluding hydrogens is 606 g/mol. The van der Waals surface area contributed by atoms with E-state index in [9.17, 15) is 9.59 Å². The fourth-order valence-corrected chi connectivity index (χ4v) is 6.99. The number of anilines is 1. The molecule has 1 unspecified atom stereocenters. The summed E-state index contributed by atoms with van der Waals surface area (Å²) in [5, 5.41) is 3.89. The minimum Gasteiger partial charge on any atom is -0.462 e. The van der Waals surface area contributed by atoms with E-state index < -0.39 is 11.9 Å². The topological polar surface area (TPSA) is 61.9 Å². The van der Waals surface area contributed by atoms with Crippen molar-refractivity contribution in [3.63, 3.8) is 0 Å². The van der Waals surface area contributed by atoms with Crippen molar-refractivity contribution in [3.05, 3.63) is 160 Å². The summed E-state index contributed by atoms with van der Waals surface area (Å²) in [4.78, 5) is 32.6. The molecule has 4 aromatic rings. The molecule has 47 heavy (non-hydrogen) atoms. The third-order valence-electron chi connectivity index (χ3n) is 9.12. The number of carbonyl (C=O) groups excluding carboxylic acids is 2. The van der Waals surface area contributed by atoms with Crippen LogP contribution in [0.15, 0.2) is 138 Å². The molecule has 6 rings (SSSR count). The third kappa shape index (κ3) is 7.28. The largest absolute Gasteiger partial charge is 0.462 e. The lowest BCUT2D eigenvalue weighted by Crippen LogP contribution is -2.50. The van der Waals surface area contributed by atoms with Crippen molar-refractivity contribution in [3.8, 4) is 0 Å². The van der Waals surface area contributed by atoms with E-state index in [0.29, 0.717) is 41.4 Å². The van der Waals surface area contributed by atoms with Crippen LogP contribution in [0.1, 0.15) is 48.8 Å². The zero-order valence-corrected chi connectivity index (χ0v) is 27.6. The number of allylic oxidation sites excluding steroid dienone is 2. The number of carbonyl (C=O) groups is 2. The molecule has 0 bridgehead atoms. The Balaban J connectivity index is 1.23. The number of piperazine rings is 1. The van der Waals surface area contributed by atoms with Crippen LogP contribution in [0.25, 0.3) is 0 Å². The van der Waals surface area contributed by atoms with Gasteiger partial charge >= 0.3 is 5.97 Å². The van der Waals surface area contributed by atoms with Gasteiger partial charge in [0.15, 0.2) is 0 Å². The fraction of sp³-hybridized carbons (Fsp3) is 0.250. The normalized spacial score (nSPS) is 16.7. The number of nitrogens with one attached hydrogen (secondary N) is 1. The molecule has 0 aliphatic carbocycles. The lowest BCUT2D eigenvalue weighted by Gasteiger charge is -2.39. The standard InChI is InChI=1S/C40H40ClN3O3/c1-28-36(39(45)44-24-22-43(23-25-44)34-19-10-5-11-20-34)38(32-17-12-18-33(41)27-32)37(29(2)42-28)40(46)47-26-21-35(30-13-6-3-7-14-30)31-15-8-4-9-16-31/h3-20,27,35,38,42H,21-26H2,1-2H3. The van der Waals surface area contributed by atoms with Gasteiger partial charge in [-0.05, 0) is 61.2 Å². The number of rotatable bonds is 9. The molecule has 2 aliphatic heterocycles. The summed E-state index contributed by atoms with van der Waals surface area (Å²) >= 11 is 6.48. The lowest BCUT2D eigenvalue weighted by molar-refractivity contribution is -0.139. The van der Waals surface area contributed by atoms with E-state index in [0.717, 1.165) is 30.0 Å². The second-order valence-electron chi connectivity index (χ2n) is 12.1. The Morgan fingerprint density at radius 3 is 1.94 bits per heavy atom. The summed E-state index contributed by atoms with van der Waals surface area (Å²) < 4.78 is 6.06. The minimum absolute atomic E-state index is 0.0716. The highest BCUT2D eigenvalue weighted by Gasteiger charge is 2.39. The second kappa shape index (κ2) is 14.7. The average molecular weight is 646 g/mol. The van der Waals surface area contributed by atoms with Crippen LogP contribution in [-0.2, 0) is 14.3 Å². The maximum Gasteiger partial charge on any atom is 0.336 e. The molecule has 0 saturated carbocycles. The lowest BCUT2D eigenvalue weighted by atomic mass is 9.79. The van der Waals surface area contributed by atoms with E-state index in [-0.39, 0.29) is 18.4 Å². The Hall–Kier alpha value is -4.81. The molecule has 6 nitrogen and oxygen atoms in total. The van der Waals surface area contributed by atoms with Crippen molar-refractivity contribution in [2.24, 2.45) is 0 Å². The zero-order valence-electron chi connectivity index (χ0n) is 26.9. The number of benzene rings is 4. The molecule has 2 aliphatic rings. The van der Waals surface area contributed by atoms with Crippen LogP contribution in [0.3, 0.4) is 0 Å². The van der Waals surface area contributed by atoms with Gasteiger partial charge in [-0.15, -0.1) is 0 Å². The van der Waals surface area contributed by atoms with Crippen LogP contribution in [-0.4, -0.2) is 49.6 Å². The molecule has 240 valence electrons. The van der Waals surface area contributed by atoms with Gasteiger partial charge < -0.3 is 19.9 Å². The van der Waals surface area contributed by atoms with Crippen LogP contribution in [0, 0.1) is 0 Å².